The number of benzene rings is 2. The van der Waals surface area contributed by atoms with Gasteiger partial charge in [-0.2, -0.15) is 0 Å². The summed E-state index contributed by atoms with van der Waals surface area (Å²) in [6.45, 7) is -0.0308. The van der Waals surface area contributed by atoms with Crippen LogP contribution in [0.25, 0.3) is 16.9 Å². The van der Waals surface area contributed by atoms with Crippen LogP contribution >= 0.6 is 11.6 Å². The Kier molecular flexibility index (Phi) is 7.67. The highest BCUT2D eigenvalue weighted by molar-refractivity contribution is 6.24. The van der Waals surface area contributed by atoms with Gasteiger partial charge in [-0.05, 0) is 55.6 Å². The molecule has 1 saturated carbocycles. The number of phenols is 1. The van der Waals surface area contributed by atoms with Gasteiger partial charge in [-0.1, -0.05) is 30.3 Å². The molecule has 11 nitrogen and oxygen atoms in total. The quantitative estimate of drug-likeness (QED) is 0.139. The normalized spacial score (nSPS) is 26.2. The first-order chi connectivity index (χ1) is 19.8. The number of ketones is 2. The van der Waals surface area contributed by atoms with Gasteiger partial charge in [0, 0.05) is 23.6 Å². The highest BCUT2D eigenvalue weighted by Gasteiger charge is 2.64. The van der Waals surface area contributed by atoms with Gasteiger partial charge in [0.25, 0.3) is 5.91 Å². The van der Waals surface area contributed by atoms with Crippen LogP contribution in [0.1, 0.15) is 23.1 Å². The summed E-state index contributed by atoms with van der Waals surface area (Å²) in [5.74, 6) is -7.21. The maximum Gasteiger partial charge on any atom is 0.255 e. The molecule has 1 fully saturated rings. The van der Waals surface area contributed by atoms with E-state index < -0.39 is 64.3 Å². The van der Waals surface area contributed by atoms with E-state index in [1.54, 1.807) is 20.2 Å². The molecular weight excluding hydrogens is 566 g/mol. The summed E-state index contributed by atoms with van der Waals surface area (Å²) in [5.41, 5.74) is 3.84. The van der Waals surface area contributed by atoms with Crippen molar-refractivity contribution in [1.82, 2.24) is 10.2 Å². The van der Waals surface area contributed by atoms with E-state index in [-0.39, 0.29) is 42.2 Å². The SMILES string of the molecule is CN(C)[C@@H]1C(=O)C(C(N)=O)=C(O)[C@@]2(O)C(=O)C3=C(O)c4c(O)c(CN[C@@H](O)CCl)cc(-c5ccccc5)c4C[C@H]3C[C@@H]12. The molecule has 0 heterocycles. The number of nitrogens with two attached hydrogens (primary N) is 1. The second-order valence-corrected chi connectivity index (χ2v) is 11.5. The predicted octanol–water partition coefficient (Wildman–Crippen LogP) is 1.28. The zero-order valence-corrected chi connectivity index (χ0v) is 23.7. The smallest absolute Gasteiger partial charge is 0.255 e. The maximum absolute atomic E-state index is 14.1. The Bertz CT molecular complexity index is 1550. The monoisotopic (exact) mass is 597 g/mol. The van der Waals surface area contributed by atoms with Gasteiger partial charge in [0.15, 0.2) is 11.4 Å². The molecule has 2 aromatic carbocycles. The lowest BCUT2D eigenvalue weighted by Crippen LogP contribution is -2.65. The van der Waals surface area contributed by atoms with E-state index in [9.17, 15) is 39.9 Å². The van der Waals surface area contributed by atoms with Gasteiger partial charge < -0.3 is 31.3 Å². The molecule has 5 rings (SSSR count). The van der Waals surface area contributed by atoms with Gasteiger partial charge >= 0.3 is 0 Å². The average Bonchev–Trinajstić information content (AvgIpc) is 2.94. The molecule has 3 aliphatic carbocycles. The van der Waals surface area contributed by atoms with Crippen molar-refractivity contribution in [3.63, 3.8) is 0 Å². The Morgan fingerprint density at radius 3 is 2.45 bits per heavy atom. The molecule has 0 bridgehead atoms. The summed E-state index contributed by atoms with van der Waals surface area (Å²) in [7, 11) is 3.10. The lowest BCUT2D eigenvalue weighted by atomic mass is 9.57. The van der Waals surface area contributed by atoms with E-state index in [1.165, 1.54) is 4.90 Å². The highest BCUT2D eigenvalue weighted by atomic mass is 35.5. The highest BCUT2D eigenvalue weighted by Crippen LogP contribution is 2.54. The fourth-order valence-corrected chi connectivity index (χ4v) is 6.77. The Morgan fingerprint density at radius 1 is 1.19 bits per heavy atom. The summed E-state index contributed by atoms with van der Waals surface area (Å²) in [6.07, 6.45) is -0.923. The number of hydrogen-bond donors (Lipinski definition) is 7. The number of aromatic hydroxyl groups is 1. The van der Waals surface area contributed by atoms with Crippen LogP contribution in [0.15, 0.2) is 53.3 Å². The molecule has 222 valence electrons. The number of rotatable bonds is 7. The molecule has 2 aromatic rings. The number of phenolic OH excluding ortho intramolecular Hbond substituents is 1. The van der Waals surface area contributed by atoms with Crippen LogP contribution in [0, 0.1) is 11.8 Å². The van der Waals surface area contributed by atoms with Crippen LogP contribution in [0.2, 0.25) is 0 Å². The summed E-state index contributed by atoms with van der Waals surface area (Å²) in [4.78, 5) is 41.0. The zero-order chi connectivity index (χ0) is 30.7. The molecule has 42 heavy (non-hydrogen) atoms. The lowest BCUT2D eigenvalue weighted by molar-refractivity contribution is -0.153. The number of hydrogen-bond acceptors (Lipinski definition) is 10. The number of carbonyl (C=O) groups excluding carboxylic acids is 3. The first-order valence-corrected chi connectivity index (χ1v) is 13.9. The van der Waals surface area contributed by atoms with E-state index in [2.05, 4.69) is 5.32 Å². The van der Waals surface area contributed by atoms with E-state index in [0.717, 1.165) is 5.56 Å². The molecule has 0 radical (unpaired) electrons. The number of aliphatic hydroxyl groups is 4. The lowest BCUT2D eigenvalue weighted by Gasteiger charge is -2.50. The summed E-state index contributed by atoms with van der Waals surface area (Å²) in [6, 6.07) is 9.79. The molecule has 1 amide bonds. The average molecular weight is 598 g/mol. The third kappa shape index (κ3) is 4.40. The minimum atomic E-state index is -2.72. The number of Topliss-reactive ketones (excluding diaryl/α,β-unsaturated/α-hetero) is 2. The molecule has 0 aromatic heterocycles. The molecule has 12 heteroatoms. The fraction of sp³-hybridized carbons (Fsp3) is 0.367. The van der Waals surface area contributed by atoms with Crippen molar-refractivity contribution in [2.45, 2.75) is 37.3 Å². The molecule has 5 atom stereocenters. The van der Waals surface area contributed by atoms with Gasteiger partial charge in [0.05, 0.1) is 17.5 Å². The number of alkyl halides is 1. The Labute approximate surface area is 246 Å². The number of nitrogens with zero attached hydrogens (tertiary/aromatic N) is 1. The van der Waals surface area contributed by atoms with Crippen LogP contribution in [-0.2, 0) is 27.3 Å². The maximum atomic E-state index is 14.1. The minimum Gasteiger partial charge on any atom is -0.508 e. The molecule has 0 unspecified atom stereocenters. The molecule has 3 aliphatic rings. The Balaban J connectivity index is 1.74. The largest absolute Gasteiger partial charge is 0.508 e. The van der Waals surface area contributed by atoms with E-state index in [4.69, 9.17) is 17.3 Å². The fourth-order valence-electron chi connectivity index (χ4n) is 6.66. The minimum absolute atomic E-state index is 0.00796. The van der Waals surface area contributed by atoms with Crippen LogP contribution in [0.4, 0.5) is 0 Å². The zero-order valence-electron chi connectivity index (χ0n) is 23.0. The number of primary amides is 1. The van der Waals surface area contributed by atoms with Gasteiger partial charge in [-0.25, -0.2) is 0 Å². The van der Waals surface area contributed by atoms with Crippen molar-refractivity contribution in [2.75, 3.05) is 20.0 Å². The number of aliphatic hydroxyl groups excluding tert-OH is 3. The first kappa shape index (κ1) is 29.7. The molecule has 0 saturated heterocycles. The van der Waals surface area contributed by atoms with Crippen molar-refractivity contribution >= 4 is 34.8 Å². The number of carbonyl (C=O) groups is 3. The van der Waals surface area contributed by atoms with Crippen LogP contribution in [0.5, 0.6) is 5.75 Å². The van der Waals surface area contributed by atoms with Crippen molar-refractivity contribution < 1.29 is 39.9 Å². The number of fused-ring (bicyclic) bond motifs is 3. The van der Waals surface area contributed by atoms with Gasteiger partial charge in [0.1, 0.15) is 29.1 Å². The third-order valence-corrected chi connectivity index (χ3v) is 8.85. The summed E-state index contributed by atoms with van der Waals surface area (Å²) >= 11 is 5.70. The second-order valence-electron chi connectivity index (χ2n) is 11.2. The van der Waals surface area contributed by atoms with Crippen molar-refractivity contribution in [2.24, 2.45) is 17.6 Å². The van der Waals surface area contributed by atoms with E-state index in [1.807, 2.05) is 30.3 Å². The molecular formula is C30H32ClN3O8. The second kappa shape index (κ2) is 10.8. The molecule has 8 N–H and O–H groups in total. The van der Waals surface area contributed by atoms with E-state index in [0.29, 0.717) is 16.7 Å². The van der Waals surface area contributed by atoms with Crippen LogP contribution in [-0.4, -0.2) is 85.8 Å². The predicted molar refractivity (Wildman–Crippen MR) is 153 cm³/mol. The number of likely N-dealkylation sites (N-methyl/N-ethyl adjacent to an activating group) is 1. The molecule has 0 spiro atoms. The molecule has 0 aliphatic heterocycles. The van der Waals surface area contributed by atoms with Gasteiger partial charge in [-0.15, -0.1) is 11.6 Å². The third-order valence-electron chi connectivity index (χ3n) is 8.56. The van der Waals surface area contributed by atoms with E-state index >= 15 is 0 Å². The topological polar surface area (TPSA) is 194 Å². The standard InChI is InChI=1S/C30H32ClN3O8/c1-34(2)23-18-10-14-8-17-16(13-6-4-3-5-7-13)9-15(12-33-19(35)11-31)24(36)21(17)25(37)20(14)27(39)30(18,42)28(40)22(26(23)38)29(32)41/h3-7,9,14,18-19,23,33,35-37,40,42H,8,10-12H2,1-2H3,(H2,32,41)/t14-,18-,19-,23-,30-/m0/s1. The van der Waals surface area contributed by atoms with Crippen molar-refractivity contribution in [3.8, 4) is 16.9 Å². The first-order valence-electron chi connectivity index (χ1n) is 13.4. The summed E-state index contributed by atoms with van der Waals surface area (Å²) < 4.78 is 0. The number of halogens is 1. The van der Waals surface area contributed by atoms with Gasteiger partial charge in [-0.3, -0.25) is 24.6 Å². The van der Waals surface area contributed by atoms with Crippen molar-refractivity contribution in [1.29, 1.82) is 0 Å². The number of nitrogens with one attached hydrogen (secondary N) is 1. The Hall–Kier alpha value is -3.74. The Morgan fingerprint density at radius 2 is 1.86 bits per heavy atom. The van der Waals surface area contributed by atoms with Crippen LogP contribution in [0.3, 0.4) is 0 Å². The van der Waals surface area contributed by atoms with Crippen molar-refractivity contribution in [3.05, 3.63) is 70.0 Å². The summed E-state index contributed by atoms with van der Waals surface area (Å²) in [5, 5.41) is 58.6. The number of amides is 1. The van der Waals surface area contributed by atoms with Crippen LogP contribution < -0.4 is 11.1 Å². The van der Waals surface area contributed by atoms with Gasteiger partial charge in [0.2, 0.25) is 5.78 Å².